The molecule has 1 N–H and O–H groups in total. The molecule has 0 aromatic rings. The van der Waals surface area contributed by atoms with Crippen LogP contribution in [0.1, 0.15) is 39.5 Å². The Balaban J connectivity index is 2.97. The Hall–Kier alpha value is 0.0600. The maximum atomic E-state index is 10.2. The first-order chi connectivity index (χ1) is 5.13. The summed E-state index contributed by atoms with van der Waals surface area (Å²) in [4.78, 5) is 8.47. The molecule has 11 heavy (non-hydrogen) atoms. The average molecular weight is 177 g/mol. The van der Waals surface area contributed by atoms with Crippen LogP contribution >= 0.6 is 8.03 Å². The Kier molecular flexibility index (Phi) is 6.79. The van der Waals surface area contributed by atoms with E-state index < -0.39 is 8.03 Å². The van der Waals surface area contributed by atoms with Gasteiger partial charge in [-0.1, -0.05) is 26.7 Å². The maximum Gasteiger partial charge on any atom is 0.505 e. The van der Waals surface area contributed by atoms with Gasteiger partial charge in [0, 0.05) is 0 Å². The molecule has 0 radical (unpaired) electrons. The molecule has 0 aromatic heterocycles. The van der Waals surface area contributed by atoms with E-state index in [2.05, 4.69) is 13.8 Å². The third-order valence-electron chi connectivity index (χ3n) is 1.63. The van der Waals surface area contributed by atoms with Crippen LogP contribution in [0.4, 0.5) is 0 Å². The van der Waals surface area contributed by atoms with E-state index >= 15 is 0 Å². The zero-order valence-corrected chi connectivity index (χ0v) is 8.31. The lowest BCUT2D eigenvalue weighted by Gasteiger charge is -2.00. The van der Waals surface area contributed by atoms with Crippen LogP contribution in [0.5, 0.6) is 0 Å². The van der Waals surface area contributed by atoms with Gasteiger partial charge in [0.05, 0.1) is 0 Å². The van der Waals surface area contributed by atoms with E-state index in [0.29, 0.717) is 6.16 Å². The first kappa shape index (κ1) is 11.1. The quantitative estimate of drug-likeness (QED) is 0.500. The average Bonchev–Trinajstić information content (AvgIpc) is 1.85. The van der Waals surface area contributed by atoms with E-state index in [1.54, 1.807) is 0 Å². The molecule has 3 heteroatoms. The van der Waals surface area contributed by atoms with E-state index in [1.165, 1.54) is 12.8 Å². The van der Waals surface area contributed by atoms with Crippen molar-refractivity contribution in [2.24, 2.45) is 5.92 Å². The van der Waals surface area contributed by atoms with Gasteiger partial charge < -0.3 is 0 Å². The third kappa shape index (κ3) is 10.1. The van der Waals surface area contributed by atoms with E-state index in [4.69, 9.17) is 4.89 Å². The van der Waals surface area contributed by atoms with E-state index in [9.17, 15) is 4.57 Å². The van der Waals surface area contributed by atoms with Crippen LogP contribution in [0.2, 0.25) is 0 Å². The molecule has 1 unspecified atom stereocenters. The zero-order chi connectivity index (χ0) is 8.69. The molecule has 0 bridgehead atoms. The summed E-state index contributed by atoms with van der Waals surface area (Å²) in [5.74, 6) is 0.762. The maximum absolute atomic E-state index is 10.2. The minimum absolute atomic E-state index is 0.480. The van der Waals surface area contributed by atoms with E-state index in [1.807, 2.05) is 0 Å². The van der Waals surface area contributed by atoms with Crippen LogP contribution in [0, 0.1) is 5.92 Å². The minimum atomic E-state index is -1.88. The largest absolute Gasteiger partial charge is 0.505 e. The van der Waals surface area contributed by atoms with Crippen molar-refractivity contribution in [2.45, 2.75) is 39.5 Å². The second kappa shape index (κ2) is 6.75. The lowest BCUT2D eigenvalue weighted by Crippen LogP contribution is -1.87. The highest BCUT2D eigenvalue weighted by Crippen LogP contribution is 2.17. The zero-order valence-electron chi connectivity index (χ0n) is 7.42. The highest BCUT2D eigenvalue weighted by molar-refractivity contribution is 7.37. The van der Waals surface area contributed by atoms with Crippen molar-refractivity contribution in [1.82, 2.24) is 0 Å². The molecule has 0 spiro atoms. The van der Waals surface area contributed by atoms with Gasteiger partial charge >= 0.3 is 8.03 Å². The van der Waals surface area contributed by atoms with Crippen molar-refractivity contribution < 1.29 is 9.46 Å². The van der Waals surface area contributed by atoms with Gasteiger partial charge in [0.25, 0.3) is 0 Å². The molecule has 0 fully saturated rings. The van der Waals surface area contributed by atoms with Crippen LogP contribution in [-0.4, -0.2) is 11.1 Å². The second-order valence-corrected chi connectivity index (χ2v) is 4.47. The summed E-state index contributed by atoms with van der Waals surface area (Å²) in [5, 5.41) is 0. The second-order valence-electron chi connectivity index (χ2n) is 3.32. The van der Waals surface area contributed by atoms with Gasteiger partial charge in [-0.05, 0) is 23.3 Å². The number of hydrogen-bond acceptors (Lipinski definition) is 1. The third-order valence-corrected chi connectivity index (χ3v) is 2.33. The van der Waals surface area contributed by atoms with Gasteiger partial charge in [-0.25, -0.2) is 0 Å². The van der Waals surface area contributed by atoms with Crippen molar-refractivity contribution in [3.05, 3.63) is 0 Å². The summed E-state index contributed by atoms with van der Waals surface area (Å²) < 4.78 is 10.2. The molecule has 0 amide bonds. The molecule has 0 aliphatic rings. The molecular formula is C8H18O2P+. The van der Waals surface area contributed by atoms with Crippen molar-refractivity contribution in [1.29, 1.82) is 0 Å². The fraction of sp³-hybridized carbons (Fsp3) is 1.00. The Bertz CT molecular complexity index is 113. The summed E-state index contributed by atoms with van der Waals surface area (Å²) in [7, 11) is -1.88. The smallest absolute Gasteiger partial charge is 0.161 e. The molecule has 66 valence electrons. The predicted octanol–water partition coefficient (Wildman–Crippen LogP) is 2.94. The highest BCUT2D eigenvalue weighted by atomic mass is 31.1. The number of rotatable bonds is 6. The molecule has 0 aliphatic carbocycles. The topological polar surface area (TPSA) is 37.3 Å². The van der Waals surface area contributed by atoms with E-state index in [0.717, 1.165) is 18.8 Å². The Morgan fingerprint density at radius 3 is 2.36 bits per heavy atom. The molecule has 0 rings (SSSR count). The van der Waals surface area contributed by atoms with Crippen LogP contribution in [0.15, 0.2) is 0 Å². The fourth-order valence-electron chi connectivity index (χ4n) is 0.976. The summed E-state index contributed by atoms with van der Waals surface area (Å²) >= 11 is 0. The fourth-order valence-corrected chi connectivity index (χ4v) is 1.47. The summed E-state index contributed by atoms with van der Waals surface area (Å²) in [6, 6.07) is 0. The highest BCUT2D eigenvalue weighted by Gasteiger charge is 2.07. The molecule has 0 saturated heterocycles. The number of hydrogen-bond donors (Lipinski definition) is 1. The van der Waals surface area contributed by atoms with Crippen molar-refractivity contribution in [3.63, 3.8) is 0 Å². The normalized spacial score (nSPS) is 12.2. The Morgan fingerprint density at radius 1 is 1.27 bits per heavy atom. The van der Waals surface area contributed by atoms with Gasteiger partial charge in [-0.3, -0.25) is 0 Å². The summed E-state index contributed by atoms with van der Waals surface area (Å²) in [6.45, 7) is 4.40. The lowest BCUT2D eigenvalue weighted by molar-refractivity contribution is 0.495. The SMILES string of the molecule is CC(C)CCCCC[P+](=O)O. The van der Waals surface area contributed by atoms with Crippen LogP contribution in [0.25, 0.3) is 0 Å². The Morgan fingerprint density at radius 2 is 1.91 bits per heavy atom. The van der Waals surface area contributed by atoms with Gasteiger partial charge in [0.1, 0.15) is 0 Å². The first-order valence-electron chi connectivity index (χ1n) is 4.26. The molecule has 0 aliphatic heterocycles. The lowest BCUT2D eigenvalue weighted by atomic mass is 10.1. The van der Waals surface area contributed by atoms with Crippen LogP contribution in [0.3, 0.4) is 0 Å². The molecule has 0 heterocycles. The monoisotopic (exact) mass is 177 g/mol. The molecule has 0 saturated carbocycles. The standard InChI is InChI=1S/C8H17O2P/c1-8(2)6-4-3-5-7-11(9)10/h8H,3-7H2,1-2H3/p+1. The van der Waals surface area contributed by atoms with E-state index in [-0.39, 0.29) is 0 Å². The van der Waals surface area contributed by atoms with Crippen molar-refractivity contribution in [2.75, 3.05) is 6.16 Å². The van der Waals surface area contributed by atoms with Crippen molar-refractivity contribution >= 4 is 8.03 Å². The predicted molar refractivity (Wildman–Crippen MR) is 48.0 cm³/mol. The molecule has 1 atom stereocenters. The van der Waals surface area contributed by atoms with Gasteiger partial charge in [-0.15, -0.1) is 0 Å². The molecule has 2 nitrogen and oxygen atoms in total. The van der Waals surface area contributed by atoms with Crippen molar-refractivity contribution in [3.8, 4) is 0 Å². The first-order valence-corrected chi connectivity index (χ1v) is 5.66. The van der Waals surface area contributed by atoms with Gasteiger partial charge in [0.15, 0.2) is 6.16 Å². The summed E-state index contributed by atoms with van der Waals surface area (Å²) in [5.41, 5.74) is 0. The minimum Gasteiger partial charge on any atom is -0.161 e. The van der Waals surface area contributed by atoms with Gasteiger partial charge in [0.2, 0.25) is 0 Å². The van der Waals surface area contributed by atoms with Crippen LogP contribution in [-0.2, 0) is 4.57 Å². The van der Waals surface area contributed by atoms with Gasteiger partial charge in [-0.2, -0.15) is 4.89 Å². The molecule has 0 aromatic carbocycles. The van der Waals surface area contributed by atoms with Crippen LogP contribution < -0.4 is 0 Å². The Labute approximate surface area is 69.9 Å². The summed E-state index contributed by atoms with van der Waals surface area (Å²) in [6.07, 6.45) is 4.91. The number of unbranched alkanes of at least 4 members (excludes halogenated alkanes) is 2. The molecular weight excluding hydrogens is 159 g/mol.